The highest BCUT2D eigenvalue weighted by Gasteiger charge is 2.28. The number of oxazole rings is 1. The molecule has 8 heteroatoms. The van der Waals surface area contributed by atoms with Crippen molar-refractivity contribution in [2.45, 2.75) is 0 Å². The molecule has 0 bridgehead atoms. The Morgan fingerprint density at radius 1 is 1.14 bits per heavy atom. The van der Waals surface area contributed by atoms with Gasteiger partial charge in [-0.3, -0.25) is 4.79 Å². The van der Waals surface area contributed by atoms with E-state index in [9.17, 15) is 14.4 Å². The SMILES string of the molecule is N#Cc1nc(-c2cccc(Cl)c2)oc1N1CCN(C(=O)c2ccccc2F)CC1. The lowest BCUT2D eigenvalue weighted by Crippen LogP contribution is -2.49. The summed E-state index contributed by atoms with van der Waals surface area (Å²) in [5, 5.41) is 9.99. The first kappa shape index (κ1) is 19.0. The standard InChI is InChI=1S/C21H16ClFN4O2/c22-15-5-3-4-14(12-15)19-25-18(13-24)21(29-19)27-10-8-26(9-11-27)20(28)16-6-1-2-7-17(16)23/h1-7,12H,8-11H2. The number of anilines is 1. The molecule has 2 heterocycles. The third kappa shape index (κ3) is 3.80. The molecule has 0 saturated carbocycles. The Morgan fingerprint density at radius 3 is 2.59 bits per heavy atom. The average molecular weight is 411 g/mol. The van der Waals surface area contributed by atoms with Crippen LogP contribution in [-0.4, -0.2) is 42.0 Å². The third-order valence-electron chi connectivity index (χ3n) is 4.75. The van der Waals surface area contributed by atoms with Gasteiger partial charge in [0.25, 0.3) is 5.91 Å². The minimum atomic E-state index is -0.534. The number of aromatic nitrogens is 1. The molecule has 1 amide bonds. The summed E-state index contributed by atoms with van der Waals surface area (Å²) in [6.45, 7) is 1.65. The van der Waals surface area contributed by atoms with Crippen LogP contribution < -0.4 is 4.90 Å². The number of hydrogen-bond donors (Lipinski definition) is 0. The van der Waals surface area contributed by atoms with Crippen LogP contribution in [0.1, 0.15) is 16.1 Å². The van der Waals surface area contributed by atoms with E-state index in [-0.39, 0.29) is 17.2 Å². The zero-order valence-electron chi connectivity index (χ0n) is 15.3. The van der Waals surface area contributed by atoms with E-state index in [0.717, 1.165) is 0 Å². The maximum absolute atomic E-state index is 13.9. The van der Waals surface area contributed by atoms with Crippen molar-refractivity contribution in [3.63, 3.8) is 0 Å². The van der Waals surface area contributed by atoms with E-state index in [4.69, 9.17) is 16.0 Å². The molecule has 1 fully saturated rings. The molecule has 0 spiro atoms. The summed E-state index contributed by atoms with van der Waals surface area (Å²) in [5.41, 5.74) is 0.907. The van der Waals surface area contributed by atoms with Gasteiger partial charge in [0, 0.05) is 36.8 Å². The van der Waals surface area contributed by atoms with Crippen LogP contribution in [0, 0.1) is 17.1 Å². The molecule has 1 aliphatic heterocycles. The molecule has 0 radical (unpaired) electrons. The fourth-order valence-electron chi connectivity index (χ4n) is 3.26. The van der Waals surface area contributed by atoms with Crippen LogP contribution in [0.15, 0.2) is 52.9 Å². The van der Waals surface area contributed by atoms with Crippen LogP contribution >= 0.6 is 11.6 Å². The Morgan fingerprint density at radius 2 is 1.90 bits per heavy atom. The summed E-state index contributed by atoms with van der Waals surface area (Å²) >= 11 is 6.02. The number of rotatable bonds is 3. The molecule has 1 saturated heterocycles. The van der Waals surface area contributed by atoms with Crippen molar-refractivity contribution in [2.75, 3.05) is 31.1 Å². The molecule has 1 aliphatic rings. The van der Waals surface area contributed by atoms with Crippen molar-refractivity contribution in [2.24, 2.45) is 0 Å². The molecule has 1 aromatic heterocycles. The van der Waals surface area contributed by atoms with Gasteiger partial charge in [0.1, 0.15) is 11.9 Å². The molecule has 0 unspecified atom stereocenters. The van der Waals surface area contributed by atoms with Gasteiger partial charge in [-0.05, 0) is 30.3 Å². The van der Waals surface area contributed by atoms with Gasteiger partial charge in [-0.1, -0.05) is 29.8 Å². The van der Waals surface area contributed by atoms with E-state index < -0.39 is 5.82 Å². The van der Waals surface area contributed by atoms with Gasteiger partial charge in [0.05, 0.1) is 5.56 Å². The van der Waals surface area contributed by atoms with Gasteiger partial charge in [-0.15, -0.1) is 0 Å². The van der Waals surface area contributed by atoms with Gasteiger partial charge < -0.3 is 14.2 Å². The average Bonchev–Trinajstić information content (AvgIpc) is 3.18. The maximum atomic E-state index is 13.9. The van der Waals surface area contributed by atoms with E-state index in [0.29, 0.717) is 48.5 Å². The molecule has 29 heavy (non-hydrogen) atoms. The van der Waals surface area contributed by atoms with Gasteiger partial charge in [0.15, 0.2) is 0 Å². The van der Waals surface area contributed by atoms with E-state index in [1.807, 2.05) is 4.90 Å². The first-order chi connectivity index (χ1) is 14.1. The van der Waals surface area contributed by atoms with Crippen LogP contribution in [0.4, 0.5) is 10.3 Å². The van der Waals surface area contributed by atoms with E-state index in [2.05, 4.69) is 11.1 Å². The quantitative estimate of drug-likeness (QED) is 0.653. The summed E-state index contributed by atoms with van der Waals surface area (Å²) in [6.07, 6.45) is 0. The molecule has 0 atom stereocenters. The lowest BCUT2D eigenvalue weighted by atomic mass is 10.1. The number of halogens is 2. The number of benzene rings is 2. The number of hydrogen-bond acceptors (Lipinski definition) is 5. The highest BCUT2D eigenvalue weighted by atomic mass is 35.5. The fourth-order valence-corrected chi connectivity index (χ4v) is 3.45. The summed E-state index contributed by atoms with van der Waals surface area (Å²) in [6, 6.07) is 15.0. The van der Waals surface area contributed by atoms with Crippen LogP contribution in [0.25, 0.3) is 11.5 Å². The number of piperazine rings is 1. The molecule has 6 nitrogen and oxygen atoms in total. The molecule has 4 rings (SSSR count). The Hall–Kier alpha value is -3.37. The van der Waals surface area contributed by atoms with Crippen LogP contribution in [-0.2, 0) is 0 Å². The van der Waals surface area contributed by atoms with E-state index in [1.54, 1.807) is 41.3 Å². The van der Waals surface area contributed by atoms with Gasteiger partial charge >= 0.3 is 0 Å². The third-order valence-corrected chi connectivity index (χ3v) is 4.98. The van der Waals surface area contributed by atoms with Gasteiger partial charge in [0.2, 0.25) is 17.5 Å². The van der Waals surface area contributed by atoms with Crippen LogP contribution in [0.2, 0.25) is 5.02 Å². The zero-order valence-corrected chi connectivity index (χ0v) is 16.1. The van der Waals surface area contributed by atoms with Crippen molar-refractivity contribution in [1.82, 2.24) is 9.88 Å². The topological polar surface area (TPSA) is 73.4 Å². The molecule has 3 aromatic rings. The predicted octanol–water partition coefficient (Wildman–Crippen LogP) is 3.97. The molecule has 0 aliphatic carbocycles. The molecule has 146 valence electrons. The second-order valence-electron chi connectivity index (χ2n) is 6.55. The van der Waals surface area contributed by atoms with Crippen molar-refractivity contribution >= 4 is 23.4 Å². The summed E-state index contributed by atoms with van der Waals surface area (Å²) in [5.74, 6) is -0.210. The van der Waals surface area contributed by atoms with Crippen molar-refractivity contribution in [1.29, 1.82) is 5.26 Å². The number of nitrogens with zero attached hydrogens (tertiary/aromatic N) is 4. The van der Waals surface area contributed by atoms with Crippen LogP contribution in [0.5, 0.6) is 0 Å². The summed E-state index contributed by atoms with van der Waals surface area (Å²) in [4.78, 5) is 20.3. The van der Waals surface area contributed by atoms with Gasteiger partial charge in [-0.25, -0.2) is 4.39 Å². The number of carbonyl (C=O) groups excluding carboxylic acids is 1. The summed E-state index contributed by atoms with van der Waals surface area (Å²) < 4.78 is 19.8. The lowest BCUT2D eigenvalue weighted by Gasteiger charge is -2.34. The second-order valence-corrected chi connectivity index (χ2v) is 6.99. The Labute approximate surface area is 171 Å². The first-order valence-corrected chi connectivity index (χ1v) is 9.40. The van der Waals surface area contributed by atoms with Crippen molar-refractivity contribution in [3.05, 3.63) is 70.6 Å². The second kappa shape index (κ2) is 7.94. The summed E-state index contributed by atoms with van der Waals surface area (Å²) in [7, 11) is 0. The fraction of sp³-hybridized carbons (Fsp3) is 0.190. The number of carbonyl (C=O) groups is 1. The minimum Gasteiger partial charge on any atom is -0.419 e. The maximum Gasteiger partial charge on any atom is 0.256 e. The monoisotopic (exact) mass is 410 g/mol. The Balaban J connectivity index is 1.51. The molecule has 2 aromatic carbocycles. The molecular formula is C21H16ClFN4O2. The largest absolute Gasteiger partial charge is 0.419 e. The lowest BCUT2D eigenvalue weighted by molar-refractivity contribution is 0.0740. The zero-order chi connectivity index (χ0) is 20.4. The smallest absolute Gasteiger partial charge is 0.256 e. The Bertz CT molecular complexity index is 1100. The first-order valence-electron chi connectivity index (χ1n) is 9.02. The Kier molecular flexibility index (Phi) is 5.19. The minimum absolute atomic E-state index is 0.0570. The number of amides is 1. The predicted molar refractivity (Wildman–Crippen MR) is 106 cm³/mol. The van der Waals surface area contributed by atoms with Gasteiger partial charge in [-0.2, -0.15) is 10.2 Å². The highest BCUT2D eigenvalue weighted by molar-refractivity contribution is 6.30. The normalized spacial score (nSPS) is 14.0. The highest BCUT2D eigenvalue weighted by Crippen LogP contribution is 2.30. The van der Waals surface area contributed by atoms with E-state index >= 15 is 0 Å². The molecule has 0 N–H and O–H groups in total. The van der Waals surface area contributed by atoms with E-state index in [1.165, 1.54) is 12.1 Å². The van der Waals surface area contributed by atoms with Crippen LogP contribution in [0.3, 0.4) is 0 Å². The number of nitriles is 1. The van der Waals surface area contributed by atoms with Crippen molar-refractivity contribution < 1.29 is 13.6 Å². The molecular weight excluding hydrogens is 395 g/mol. The van der Waals surface area contributed by atoms with Crippen molar-refractivity contribution in [3.8, 4) is 17.5 Å².